The number of anilines is 2. The summed E-state index contributed by atoms with van der Waals surface area (Å²) >= 11 is 0. The van der Waals surface area contributed by atoms with E-state index in [1.54, 1.807) is 14.2 Å². The molecule has 0 aliphatic heterocycles. The van der Waals surface area contributed by atoms with Crippen molar-refractivity contribution in [2.24, 2.45) is 0 Å². The summed E-state index contributed by atoms with van der Waals surface area (Å²) in [6, 6.07) is 37.2. The topological polar surface area (TPSA) is 38.8 Å². The van der Waals surface area contributed by atoms with E-state index in [4.69, 9.17) is 9.47 Å². The molecule has 4 rings (SSSR count). The highest BCUT2D eigenvalue weighted by Crippen LogP contribution is 2.42. The van der Waals surface area contributed by atoms with E-state index in [1.807, 2.05) is 114 Å². The van der Waals surface area contributed by atoms with E-state index in [9.17, 15) is 4.57 Å². The number of hydrogen-bond donors (Lipinski definition) is 0. The molecule has 164 valence electrons. The Kier molecular flexibility index (Phi) is 6.83. The molecule has 5 heteroatoms. The zero-order valence-corrected chi connectivity index (χ0v) is 19.4. The first-order chi connectivity index (χ1) is 16.1. The molecule has 0 saturated heterocycles. The summed E-state index contributed by atoms with van der Waals surface area (Å²) in [7, 11) is 0.0604. The average Bonchev–Trinajstić information content (AvgIpc) is 2.90. The first kappa shape index (κ1) is 22.3. The van der Waals surface area contributed by atoms with Gasteiger partial charge in [-0.1, -0.05) is 60.7 Å². The van der Waals surface area contributed by atoms with Gasteiger partial charge in [-0.2, -0.15) is 0 Å². The average molecular weight is 453 g/mol. The normalized spacial score (nSPS) is 10.6. The molecule has 0 N–H and O–H groups in total. The van der Waals surface area contributed by atoms with Crippen molar-refractivity contribution in [3.63, 3.8) is 0 Å². The van der Waals surface area contributed by atoms with Crippen molar-refractivity contribution < 1.29 is 14.0 Å². The maximum Gasteiger partial charge on any atom is 0.212 e. The number of rotatable bonds is 6. The monoisotopic (exact) mass is 453 g/mol. The van der Waals surface area contributed by atoms with Crippen molar-refractivity contribution in [1.82, 2.24) is 0 Å². The quantitative estimate of drug-likeness (QED) is 0.211. The fourth-order valence-corrected chi connectivity index (χ4v) is 5.40. The molecule has 33 heavy (non-hydrogen) atoms. The van der Waals surface area contributed by atoms with Gasteiger partial charge in [0.15, 0.2) is 0 Å². The van der Waals surface area contributed by atoms with Crippen LogP contribution in [-0.4, -0.2) is 14.2 Å². The van der Waals surface area contributed by atoms with Gasteiger partial charge in [0.05, 0.1) is 25.6 Å². The van der Waals surface area contributed by atoms with Gasteiger partial charge in [-0.05, 0) is 54.2 Å². The van der Waals surface area contributed by atoms with Gasteiger partial charge in [0.1, 0.15) is 11.5 Å². The summed E-state index contributed by atoms with van der Waals surface area (Å²) in [6.45, 7) is 0. The van der Waals surface area contributed by atoms with Crippen LogP contribution in [0.25, 0.3) is 0 Å². The lowest BCUT2D eigenvalue weighted by molar-refractivity contribution is 0.415. The molecule has 4 aromatic rings. The van der Waals surface area contributed by atoms with E-state index in [1.165, 1.54) is 0 Å². The Morgan fingerprint density at radius 1 is 0.606 bits per heavy atom. The molecule has 0 radical (unpaired) electrons. The van der Waals surface area contributed by atoms with E-state index < -0.39 is 7.14 Å². The number of methoxy groups -OCH3 is 2. The lowest BCUT2D eigenvalue weighted by atomic mass is 10.2. The Morgan fingerprint density at radius 3 is 1.36 bits per heavy atom. The fourth-order valence-electron chi connectivity index (χ4n) is 3.42. The van der Waals surface area contributed by atoms with Gasteiger partial charge >= 0.3 is 0 Å². The van der Waals surface area contributed by atoms with Crippen molar-refractivity contribution in [2.45, 2.75) is 0 Å². The minimum Gasteiger partial charge on any atom is -0.497 e. The van der Waals surface area contributed by atoms with Gasteiger partial charge in [-0.3, -0.25) is 9.46 Å². The predicted octanol–water partition coefficient (Wildman–Crippen LogP) is 5.77. The number of ether oxygens (including phenoxy) is 2. The van der Waals surface area contributed by atoms with Gasteiger partial charge in [0.2, 0.25) is 7.14 Å². The van der Waals surface area contributed by atoms with Gasteiger partial charge < -0.3 is 9.47 Å². The third-order valence-corrected chi connectivity index (χ3v) is 7.69. The van der Waals surface area contributed by atoms with Crippen LogP contribution in [-0.2, 0) is 4.57 Å². The molecule has 4 aromatic carbocycles. The van der Waals surface area contributed by atoms with E-state index in [2.05, 4.69) is 11.7 Å². The van der Waals surface area contributed by atoms with Gasteiger partial charge in [-0.15, -0.1) is 0 Å². The van der Waals surface area contributed by atoms with Crippen molar-refractivity contribution in [3.8, 4) is 23.2 Å². The van der Waals surface area contributed by atoms with Gasteiger partial charge in [-0.25, -0.2) is 0 Å². The van der Waals surface area contributed by atoms with Crippen molar-refractivity contribution >= 4 is 29.1 Å². The Labute approximate surface area is 194 Å². The van der Waals surface area contributed by atoms with Crippen LogP contribution in [0.3, 0.4) is 0 Å². The van der Waals surface area contributed by atoms with E-state index in [0.717, 1.165) is 22.9 Å². The highest BCUT2D eigenvalue weighted by Gasteiger charge is 2.25. The first-order valence-electron chi connectivity index (χ1n) is 10.5. The van der Waals surface area contributed by atoms with Crippen molar-refractivity contribution in [3.05, 3.63) is 109 Å². The van der Waals surface area contributed by atoms with Crippen LogP contribution >= 0.6 is 7.14 Å². The molecule has 0 bridgehead atoms. The highest BCUT2D eigenvalue weighted by atomic mass is 31.2. The summed E-state index contributed by atoms with van der Waals surface area (Å²) < 4.78 is 24.9. The number of nitrogens with zero attached hydrogens (tertiary/aromatic N) is 1. The maximum atomic E-state index is 14.3. The van der Waals surface area contributed by atoms with Crippen molar-refractivity contribution in [2.75, 3.05) is 19.1 Å². The first-order valence-corrected chi connectivity index (χ1v) is 12.2. The van der Waals surface area contributed by atoms with Crippen LogP contribution < -0.4 is 25.0 Å². The van der Waals surface area contributed by atoms with Gasteiger partial charge in [0.25, 0.3) is 0 Å². The largest absolute Gasteiger partial charge is 0.497 e. The lowest BCUT2D eigenvalue weighted by Crippen LogP contribution is -2.16. The summed E-state index contributed by atoms with van der Waals surface area (Å²) in [6.07, 6.45) is 0. The van der Waals surface area contributed by atoms with E-state index >= 15 is 0 Å². The lowest BCUT2D eigenvalue weighted by Gasteiger charge is -2.20. The molecule has 0 heterocycles. The molecule has 0 aliphatic rings. The molecular weight excluding hydrogens is 429 g/mol. The zero-order valence-electron chi connectivity index (χ0n) is 18.5. The summed E-state index contributed by atoms with van der Waals surface area (Å²) in [5, 5.41) is 1.40. The third-order valence-electron chi connectivity index (χ3n) is 5.22. The minimum atomic E-state index is -3.20. The fraction of sp³-hybridized carbons (Fsp3) is 0.0714. The van der Waals surface area contributed by atoms with Crippen LogP contribution in [0.5, 0.6) is 11.5 Å². The molecular formula is C28H24NO3P. The van der Waals surface area contributed by atoms with Crippen LogP contribution in [0.2, 0.25) is 0 Å². The SMILES string of the molecule is COc1ccc(N(C#CP(=O)(c2ccccc2)c2ccccc2)c2ccc(OC)cc2)cc1. The third kappa shape index (κ3) is 4.95. The second kappa shape index (κ2) is 10.1. The minimum absolute atomic E-state index is 0.702. The zero-order chi connectivity index (χ0) is 23.1. The summed E-state index contributed by atoms with van der Waals surface area (Å²) in [5.74, 6) is 1.50. The Hall–Kier alpha value is -3.93. The number of hydrogen-bond acceptors (Lipinski definition) is 4. The predicted molar refractivity (Wildman–Crippen MR) is 136 cm³/mol. The summed E-state index contributed by atoms with van der Waals surface area (Å²) in [5.41, 5.74) is 4.82. The molecule has 0 aliphatic carbocycles. The van der Waals surface area contributed by atoms with Crippen LogP contribution in [0, 0.1) is 11.7 Å². The summed E-state index contributed by atoms with van der Waals surface area (Å²) in [4.78, 5) is 1.83. The molecule has 0 fully saturated rings. The van der Waals surface area contributed by atoms with Gasteiger partial charge in [0, 0.05) is 16.7 Å². The molecule has 4 nitrogen and oxygen atoms in total. The Balaban J connectivity index is 1.85. The second-order valence-corrected chi connectivity index (χ2v) is 9.71. The van der Waals surface area contributed by atoms with E-state index in [0.29, 0.717) is 10.6 Å². The molecule has 0 unspecified atom stereocenters. The van der Waals surface area contributed by atoms with Crippen LogP contribution in [0.15, 0.2) is 109 Å². The highest BCUT2D eigenvalue weighted by molar-refractivity contribution is 7.83. The molecule has 0 saturated carbocycles. The van der Waals surface area contributed by atoms with Crippen LogP contribution in [0.1, 0.15) is 0 Å². The smallest absolute Gasteiger partial charge is 0.212 e. The standard InChI is InChI=1S/C28H24NO3P/c1-31-25-17-13-23(14-18-25)29(24-15-19-26(32-2)20-16-24)21-22-33(30,27-9-5-3-6-10-27)28-11-7-4-8-12-28/h3-20H,1-2H3. The van der Waals surface area contributed by atoms with E-state index in [-0.39, 0.29) is 0 Å². The number of benzene rings is 4. The maximum absolute atomic E-state index is 14.3. The molecule has 0 atom stereocenters. The Bertz CT molecular complexity index is 1200. The molecule has 0 spiro atoms. The van der Waals surface area contributed by atoms with Crippen LogP contribution in [0.4, 0.5) is 11.4 Å². The Morgan fingerprint density at radius 2 is 1.00 bits per heavy atom. The van der Waals surface area contributed by atoms with Crippen molar-refractivity contribution in [1.29, 1.82) is 0 Å². The molecule has 0 aromatic heterocycles. The molecule has 0 amide bonds. The second-order valence-electron chi connectivity index (χ2n) is 7.24.